The summed E-state index contributed by atoms with van der Waals surface area (Å²) in [5.41, 5.74) is 2.61. The van der Waals surface area contributed by atoms with E-state index in [2.05, 4.69) is 34.1 Å². The van der Waals surface area contributed by atoms with Crippen molar-refractivity contribution >= 4 is 11.6 Å². The first-order chi connectivity index (χ1) is 9.51. The molecule has 6 heteroatoms. The molecule has 0 bridgehead atoms. The fourth-order valence-electron chi connectivity index (χ4n) is 2.56. The summed E-state index contributed by atoms with van der Waals surface area (Å²) in [6.07, 6.45) is 1.75. The van der Waals surface area contributed by atoms with Gasteiger partial charge in [-0.15, -0.1) is 0 Å². The molecule has 0 aromatic carbocycles. The van der Waals surface area contributed by atoms with Gasteiger partial charge in [-0.2, -0.15) is 0 Å². The van der Waals surface area contributed by atoms with Crippen LogP contribution in [0.5, 0.6) is 0 Å². The van der Waals surface area contributed by atoms with Gasteiger partial charge in [0.25, 0.3) is 0 Å². The summed E-state index contributed by atoms with van der Waals surface area (Å²) in [5.74, 6) is 8.51. The largest absolute Gasteiger partial charge is 0.393 e. The maximum absolute atomic E-state index is 9.66. The van der Waals surface area contributed by atoms with E-state index in [0.29, 0.717) is 11.7 Å². The smallest absolute Gasteiger partial charge is 0.145 e. The summed E-state index contributed by atoms with van der Waals surface area (Å²) in [6.45, 7) is 7.83. The molecule has 1 atom stereocenters. The number of nitrogens with one attached hydrogen (secondary N) is 1. The van der Waals surface area contributed by atoms with E-state index < -0.39 is 0 Å². The van der Waals surface area contributed by atoms with Gasteiger partial charge in [0, 0.05) is 25.1 Å². The molecule has 20 heavy (non-hydrogen) atoms. The summed E-state index contributed by atoms with van der Waals surface area (Å²) in [7, 11) is 0. The minimum atomic E-state index is -0.227. The number of hydrazine groups is 1. The van der Waals surface area contributed by atoms with Crippen LogP contribution in [0, 0.1) is 5.92 Å². The van der Waals surface area contributed by atoms with Crippen molar-refractivity contribution in [1.29, 1.82) is 0 Å². The normalized spacial score (nSPS) is 18.4. The fraction of sp³-hybridized carbons (Fsp3) is 0.714. The van der Waals surface area contributed by atoms with Gasteiger partial charge >= 0.3 is 0 Å². The number of hydrogen-bond donors (Lipinski definition) is 3. The lowest BCUT2D eigenvalue weighted by Gasteiger charge is -2.34. The summed E-state index contributed by atoms with van der Waals surface area (Å²) in [5, 5.41) is 9.66. The second-order valence-corrected chi connectivity index (χ2v) is 5.83. The molecule has 0 radical (unpaired) electrons. The Bertz CT molecular complexity index is 441. The fourth-order valence-corrected chi connectivity index (χ4v) is 2.56. The molecule has 1 fully saturated rings. The van der Waals surface area contributed by atoms with Gasteiger partial charge in [-0.25, -0.2) is 15.8 Å². The Morgan fingerprint density at radius 1 is 1.30 bits per heavy atom. The molecule has 1 saturated heterocycles. The summed E-state index contributed by atoms with van der Waals surface area (Å²) < 4.78 is 0. The Morgan fingerprint density at radius 3 is 2.45 bits per heavy atom. The molecule has 0 saturated carbocycles. The van der Waals surface area contributed by atoms with Crippen LogP contribution in [0.4, 0.5) is 11.6 Å². The number of aliphatic hydroxyl groups is 1. The average Bonchev–Trinajstić information content (AvgIpc) is 2.46. The lowest BCUT2D eigenvalue weighted by Crippen LogP contribution is -2.37. The van der Waals surface area contributed by atoms with Crippen molar-refractivity contribution in [2.45, 2.75) is 45.6 Å². The van der Waals surface area contributed by atoms with E-state index in [9.17, 15) is 5.11 Å². The lowest BCUT2D eigenvalue weighted by molar-refractivity contribution is 0.110. The second kappa shape index (κ2) is 6.37. The highest BCUT2D eigenvalue weighted by Crippen LogP contribution is 2.26. The number of nitrogens with two attached hydrogens (primary N) is 1. The molecule has 0 spiro atoms. The van der Waals surface area contributed by atoms with Gasteiger partial charge in [-0.3, -0.25) is 0 Å². The van der Waals surface area contributed by atoms with Crippen molar-refractivity contribution < 1.29 is 5.11 Å². The van der Waals surface area contributed by atoms with E-state index in [-0.39, 0.29) is 12.0 Å². The third-order valence-electron chi connectivity index (χ3n) is 3.94. The predicted octanol–water partition coefficient (Wildman–Crippen LogP) is 1.48. The van der Waals surface area contributed by atoms with Crippen LogP contribution in [0.2, 0.25) is 0 Å². The Hall–Kier alpha value is -1.40. The molecule has 4 N–H and O–H groups in total. The average molecular weight is 279 g/mol. The van der Waals surface area contributed by atoms with Crippen LogP contribution in [0.3, 0.4) is 0 Å². The molecular formula is C14H25N5O. The Balaban J connectivity index is 2.15. The van der Waals surface area contributed by atoms with Crippen LogP contribution in [0.1, 0.15) is 45.4 Å². The van der Waals surface area contributed by atoms with Crippen molar-refractivity contribution in [3.8, 4) is 0 Å². The second-order valence-electron chi connectivity index (χ2n) is 5.83. The number of rotatable bonds is 4. The molecule has 0 aliphatic carbocycles. The number of nitrogens with zero attached hydrogens (tertiary/aromatic N) is 3. The van der Waals surface area contributed by atoms with Crippen molar-refractivity contribution in [1.82, 2.24) is 9.97 Å². The van der Waals surface area contributed by atoms with Crippen molar-refractivity contribution in [3.63, 3.8) is 0 Å². The van der Waals surface area contributed by atoms with E-state index in [1.165, 1.54) is 0 Å². The third-order valence-corrected chi connectivity index (χ3v) is 3.94. The standard InChI is InChI=1S/C14H25N5O/c1-9(2)14-16-12(18-15)8-13(17-14)19-6-4-11(5-7-19)10(3)20/h8-11,20H,4-7,15H2,1-3H3,(H,16,17,18). The summed E-state index contributed by atoms with van der Waals surface area (Å²) in [4.78, 5) is 11.3. The molecule has 1 aliphatic rings. The Morgan fingerprint density at radius 2 is 1.95 bits per heavy atom. The highest BCUT2D eigenvalue weighted by atomic mass is 16.3. The number of piperidine rings is 1. The van der Waals surface area contributed by atoms with E-state index in [0.717, 1.165) is 37.6 Å². The zero-order chi connectivity index (χ0) is 14.7. The van der Waals surface area contributed by atoms with Crippen molar-refractivity contribution in [2.24, 2.45) is 11.8 Å². The third kappa shape index (κ3) is 3.37. The first-order valence-electron chi connectivity index (χ1n) is 7.30. The minimum absolute atomic E-state index is 0.227. The van der Waals surface area contributed by atoms with E-state index in [4.69, 9.17) is 5.84 Å². The first kappa shape index (κ1) is 15.0. The molecular weight excluding hydrogens is 254 g/mol. The van der Waals surface area contributed by atoms with Gasteiger partial charge in [0.1, 0.15) is 17.5 Å². The van der Waals surface area contributed by atoms with Crippen molar-refractivity contribution in [3.05, 3.63) is 11.9 Å². The van der Waals surface area contributed by atoms with Crippen molar-refractivity contribution in [2.75, 3.05) is 23.4 Å². The van der Waals surface area contributed by atoms with Gasteiger partial charge in [-0.1, -0.05) is 13.8 Å². The van der Waals surface area contributed by atoms with E-state index in [1.54, 1.807) is 0 Å². The predicted molar refractivity (Wildman–Crippen MR) is 80.5 cm³/mol. The molecule has 1 aromatic heterocycles. The quantitative estimate of drug-likeness (QED) is 0.571. The summed E-state index contributed by atoms with van der Waals surface area (Å²) in [6, 6.07) is 1.88. The van der Waals surface area contributed by atoms with E-state index in [1.807, 2.05) is 13.0 Å². The number of hydrogen-bond acceptors (Lipinski definition) is 6. The Labute approximate surface area is 120 Å². The molecule has 2 heterocycles. The highest BCUT2D eigenvalue weighted by molar-refractivity contribution is 5.49. The van der Waals surface area contributed by atoms with Crippen LogP contribution in [0.25, 0.3) is 0 Å². The van der Waals surface area contributed by atoms with Gasteiger partial charge in [0.2, 0.25) is 0 Å². The molecule has 112 valence electrons. The number of nitrogen functional groups attached to an aromatic ring is 1. The van der Waals surface area contributed by atoms with Gasteiger partial charge in [-0.05, 0) is 25.7 Å². The van der Waals surface area contributed by atoms with Gasteiger partial charge in [0.15, 0.2) is 0 Å². The maximum Gasteiger partial charge on any atom is 0.145 e. The van der Waals surface area contributed by atoms with Crippen LogP contribution in [-0.2, 0) is 0 Å². The van der Waals surface area contributed by atoms with Crippen LogP contribution in [-0.4, -0.2) is 34.3 Å². The van der Waals surface area contributed by atoms with Gasteiger partial charge < -0.3 is 15.4 Å². The minimum Gasteiger partial charge on any atom is -0.393 e. The highest BCUT2D eigenvalue weighted by Gasteiger charge is 2.24. The van der Waals surface area contributed by atoms with E-state index >= 15 is 0 Å². The lowest BCUT2D eigenvalue weighted by atomic mass is 9.92. The molecule has 6 nitrogen and oxygen atoms in total. The zero-order valence-electron chi connectivity index (χ0n) is 12.5. The first-order valence-corrected chi connectivity index (χ1v) is 7.30. The van der Waals surface area contributed by atoms with Gasteiger partial charge in [0.05, 0.1) is 6.10 Å². The molecule has 1 aromatic rings. The molecule has 2 rings (SSSR count). The van der Waals surface area contributed by atoms with Crippen LogP contribution >= 0.6 is 0 Å². The number of anilines is 2. The SMILES string of the molecule is CC(C)c1nc(NN)cc(N2CCC(C(C)O)CC2)n1. The molecule has 1 aliphatic heterocycles. The monoisotopic (exact) mass is 279 g/mol. The summed E-state index contributed by atoms with van der Waals surface area (Å²) >= 11 is 0. The van der Waals surface area contributed by atoms with Crippen LogP contribution < -0.4 is 16.2 Å². The zero-order valence-corrected chi connectivity index (χ0v) is 12.5. The Kier molecular flexibility index (Phi) is 4.77. The number of aliphatic hydroxyl groups excluding tert-OH is 1. The maximum atomic E-state index is 9.66. The topological polar surface area (TPSA) is 87.3 Å². The molecule has 0 amide bonds. The van der Waals surface area contributed by atoms with Crippen LogP contribution in [0.15, 0.2) is 6.07 Å². The number of aromatic nitrogens is 2. The molecule has 1 unspecified atom stereocenters.